The summed E-state index contributed by atoms with van der Waals surface area (Å²) in [7, 11) is -0.375. The van der Waals surface area contributed by atoms with Crippen molar-refractivity contribution < 1.29 is 13.2 Å². The van der Waals surface area contributed by atoms with E-state index in [0.717, 1.165) is 34.0 Å². The van der Waals surface area contributed by atoms with E-state index in [0.29, 0.717) is 6.61 Å². The van der Waals surface area contributed by atoms with Crippen molar-refractivity contribution in [2.24, 2.45) is 4.99 Å². The largest absolute Gasteiger partial charge is 0.494 e. The summed E-state index contributed by atoms with van der Waals surface area (Å²) in [5.74, 6) is 0.828. The van der Waals surface area contributed by atoms with Gasteiger partial charge >= 0.3 is 0 Å². The van der Waals surface area contributed by atoms with E-state index >= 15 is 0 Å². The van der Waals surface area contributed by atoms with Gasteiger partial charge in [0.05, 0.1) is 22.9 Å². The Morgan fingerprint density at radius 1 is 1.03 bits per heavy atom. The summed E-state index contributed by atoms with van der Waals surface area (Å²) in [6.07, 6.45) is 0. The van der Waals surface area contributed by atoms with Crippen molar-refractivity contribution in [3.8, 4) is 17.0 Å². The summed E-state index contributed by atoms with van der Waals surface area (Å²) in [5.41, 5.74) is 2.82. The molecule has 0 bridgehead atoms. The van der Waals surface area contributed by atoms with Crippen LogP contribution in [0, 0.1) is 0 Å². The molecule has 0 saturated carbocycles. The summed E-state index contributed by atoms with van der Waals surface area (Å²) in [6.45, 7) is 5.41. The Morgan fingerprint density at radius 3 is 2.24 bits per heavy atom. The zero-order valence-corrected chi connectivity index (χ0v) is 18.6. The van der Waals surface area contributed by atoms with Crippen LogP contribution in [-0.2, 0) is 16.6 Å². The van der Waals surface area contributed by atoms with Crippen LogP contribution in [0.15, 0.2) is 63.8 Å². The number of hydrogen-bond donors (Lipinski definition) is 0. The van der Waals surface area contributed by atoms with E-state index in [9.17, 15) is 8.42 Å². The summed E-state index contributed by atoms with van der Waals surface area (Å²) in [5, 5.41) is 2.05. The highest BCUT2D eigenvalue weighted by Crippen LogP contribution is 2.24. The third-order valence-electron chi connectivity index (χ3n) is 4.42. The molecular weight excluding hydrogens is 406 g/mol. The van der Waals surface area contributed by atoms with Crippen molar-refractivity contribution >= 4 is 27.0 Å². The number of thiazole rings is 1. The van der Waals surface area contributed by atoms with Gasteiger partial charge in [0.15, 0.2) is 4.80 Å². The molecule has 0 saturated heterocycles. The molecule has 1 aromatic heterocycles. The van der Waals surface area contributed by atoms with E-state index in [1.54, 1.807) is 23.5 Å². The maximum absolute atomic E-state index is 12.3. The van der Waals surface area contributed by atoms with Gasteiger partial charge in [0.25, 0.3) is 0 Å². The molecule has 3 aromatic rings. The molecule has 0 atom stereocenters. The number of rotatable bonds is 7. The molecule has 0 radical (unpaired) electrons. The SMILES string of the molecule is CCOc1ccc(N=c2scc(-c3ccc(S(=O)(=O)N(C)C)cc3)n2CC)cc1. The van der Waals surface area contributed by atoms with Gasteiger partial charge in [0.1, 0.15) is 5.75 Å². The fraction of sp³-hybridized carbons (Fsp3) is 0.286. The zero-order chi connectivity index (χ0) is 21.0. The van der Waals surface area contributed by atoms with Gasteiger partial charge in [-0.05, 0) is 55.8 Å². The number of ether oxygens (including phenoxy) is 1. The van der Waals surface area contributed by atoms with Crippen LogP contribution >= 0.6 is 11.3 Å². The number of benzene rings is 2. The normalized spacial score (nSPS) is 12.5. The first-order valence-electron chi connectivity index (χ1n) is 9.35. The molecule has 0 aliphatic heterocycles. The van der Waals surface area contributed by atoms with Gasteiger partial charge < -0.3 is 9.30 Å². The van der Waals surface area contributed by atoms with Gasteiger partial charge in [-0.25, -0.2) is 17.7 Å². The highest BCUT2D eigenvalue weighted by atomic mass is 32.2. The number of hydrogen-bond acceptors (Lipinski definition) is 5. The molecule has 8 heteroatoms. The first-order valence-corrected chi connectivity index (χ1v) is 11.7. The zero-order valence-electron chi connectivity index (χ0n) is 17.0. The van der Waals surface area contributed by atoms with E-state index in [1.165, 1.54) is 18.4 Å². The highest BCUT2D eigenvalue weighted by molar-refractivity contribution is 7.89. The second kappa shape index (κ2) is 8.94. The van der Waals surface area contributed by atoms with E-state index in [2.05, 4.69) is 11.5 Å². The lowest BCUT2D eigenvalue weighted by Crippen LogP contribution is -2.22. The Labute approximate surface area is 175 Å². The fourth-order valence-corrected chi connectivity index (χ4v) is 4.75. The van der Waals surface area contributed by atoms with E-state index in [-0.39, 0.29) is 4.90 Å². The van der Waals surface area contributed by atoms with Crippen LogP contribution in [0.2, 0.25) is 0 Å². The van der Waals surface area contributed by atoms with Gasteiger partial charge in [-0.15, -0.1) is 11.3 Å². The summed E-state index contributed by atoms with van der Waals surface area (Å²) < 4.78 is 33.4. The van der Waals surface area contributed by atoms with Gasteiger partial charge in [0, 0.05) is 26.0 Å². The maximum atomic E-state index is 12.3. The van der Waals surface area contributed by atoms with E-state index in [1.807, 2.05) is 48.7 Å². The number of nitrogens with zero attached hydrogens (tertiary/aromatic N) is 3. The van der Waals surface area contributed by atoms with Crippen LogP contribution in [0.3, 0.4) is 0 Å². The fourth-order valence-electron chi connectivity index (χ4n) is 2.86. The number of sulfonamides is 1. The average Bonchev–Trinajstić information content (AvgIpc) is 3.12. The molecule has 0 amide bonds. The number of aromatic nitrogens is 1. The molecule has 0 fully saturated rings. The lowest BCUT2D eigenvalue weighted by molar-refractivity contribution is 0.340. The molecule has 0 unspecified atom stereocenters. The monoisotopic (exact) mass is 431 g/mol. The smallest absolute Gasteiger partial charge is 0.242 e. The third kappa shape index (κ3) is 4.60. The van der Waals surface area contributed by atoms with E-state index in [4.69, 9.17) is 9.73 Å². The first-order chi connectivity index (χ1) is 13.9. The van der Waals surface area contributed by atoms with Crippen molar-refractivity contribution in [2.75, 3.05) is 20.7 Å². The Bertz CT molecular complexity index is 1130. The summed E-state index contributed by atoms with van der Waals surface area (Å²) in [4.78, 5) is 5.93. The Morgan fingerprint density at radius 2 is 1.69 bits per heavy atom. The van der Waals surface area contributed by atoms with Crippen molar-refractivity contribution in [1.29, 1.82) is 0 Å². The second-order valence-corrected chi connectivity index (χ2v) is 9.49. The lowest BCUT2D eigenvalue weighted by atomic mass is 10.2. The van der Waals surface area contributed by atoms with Crippen LogP contribution in [0.5, 0.6) is 5.75 Å². The van der Waals surface area contributed by atoms with Gasteiger partial charge in [-0.3, -0.25) is 0 Å². The second-order valence-electron chi connectivity index (χ2n) is 6.50. The van der Waals surface area contributed by atoms with Crippen LogP contribution in [0.4, 0.5) is 5.69 Å². The van der Waals surface area contributed by atoms with Crippen LogP contribution in [0.25, 0.3) is 11.3 Å². The lowest BCUT2D eigenvalue weighted by Gasteiger charge is -2.12. The molecule has 2 aromatic carbocycles. The minimum atomic E-state index is -3.43. The molecule has 0 N–H and O–H groups in total. The van der Waals surface area contributed by atoms with Gasteiger partial charge in [-0.2, -0.15) is 0 Å². The van der Waals surface area contributed by atoms with Gasteiger partial charge in [-0.1, -0.05) is 12.1 Å². The minimum absolute atomic E-state index is 0.281. The third-order valence-corrected chi connectivity index (χ3v) is 7.11. The van der Waals surface area contributed by atoms with Crippen LogP contribution in [-0.4, -0.2) is 38.0 Å². The molecule has 0 aliphatic carbocycles. The molecule has 154 valence electrons. The molecule has 1 heterocycles. The molecular formula is C21H25N3O3S2. The Hall–Kier alpha value is -2.42. The van der Waals surface area contributed by atoms with Crippen LogP contribution in [0.1, 0.15) is 13.8 Å². The van der Waals surface area contributed by atoms with E-state index < -0.39 is 10.0 Å². The quantitative estimate of drug-likeness (QED) is 0.565. The Balaban J connectivity index is 1.95. The van der Waals surface area contributed by atoms with Gasteiger partial charge in [0.2, 0.25) is 10.0 Å². The van der Waals surface area contributed by atoms with Crippen LogP contribution < -0.4 is 9.54 Å². The predicted octanol–water partition coefficient (Wildman–Crippen LogP) is 4.12. The van der Waals surface area contributed by atoms with Crippen molar-refractivity contribution in [1.82, 2.24) is 8.87 Å². The molecule has 3 rings (SSSR count). The topological polar surface area (TPSA) is 63.9 Å². The first kappa shape index (κ1) is 21.3. The predicted molar refractivity (Wildman–Crippen MR) is 117 cm³/mol. The standard InChI is InChI=1S/C21H25N3O3S2/c1-5-24-20(16-7-13-19(14-8-16)29(25,26)23(3)4)15-28-21(24)22-17-9-11-18(12-10-17)27-6-2/h7-15H,5-6H2,1-4H3. The summed E-state index contributed by atoms with van der Waals surface area (Å²) >= 11 is 1.56. The van der Waals surface area contributed by atoms with Crippen molar-refractivity contribution in [2.45, 2.75) is 25.3 Å². The molecule has 0 aliphatic rings. The highest BCUT2D eigenvalue weighted by Gasteiger charge is 2.17. The van der Waals surface area contributed by atoms with Crippen molar-refractivity contribution in [3.05, 3.63) is 58.7 Å². The Kier molecular flexibility index (Phi) is 6.56. The average molecular weight is 432 g/mol. The minimum Gasteiger partial charge on any atom is -0.494 e. The molecule has 6 nitrogen and oxygen atoms in total. The molecule has 29 heavy (non-hydrogen) atoms. The maximum Gasteiger partial charge on any atom is 0.242 e. The van der Waals surface area contributed by atoms with Crippen molar-refractivity contribution in [3.63, 3.8) is 0 Å². The summed E-state index contributed by atoms with van der Waals surface area (Å²) in [6, 6.07) is 14.7. The molecule has 0 spiro atoms.